The van der Waals surface area contributed by atoms with Gasteiger partial charge in [-0.1, -0.05) is 30.3 Å². The first-order chi connectivity index (χ1) is 11.7. The fourth-order valence-electron chi connectivity index (χ4n) is 2.08. The summed E-state index contributed by atoms with van der Waals surface area (Å²) in [4.78, 5) is 0. The van der Waals surface area contributed by atoms with Crippen molar-refractivity contribution in [2.45, 2.75) is 18.9 Å². The molecule has 2 rings (SSSR count). The molecule has 0 aromatic heterocycles. The fraction of sp³-hybridized carbons (Fsp3) is 0.294. The molecule has 2 aromatic rings. The first-order valence-corrected chi connectivity index (χ1v) is 7.33. The summed E-state index contributed by atoms with van der Waals surface area (Å²) in [6.07, 6.45) is -9.77. The van der Waals surface area contributed by atoms with Crippen LogP contribution in [0.2, 0.25) is 0 Å². The number of hydrogen-bond acceptors (Lipinski definition) is 2. The molecule has 136 valence electrons. The summed E-state index contributed by atoms with van der Waals surface area (Å²) >= 11 is 0. The number of nitrogens with one attached hydrogen (secondary N) is 1. The van der Waals surface area contributed by atoms with E-state index in [2.05, 4.69) is 5.32 Å². The Morgan fingerprint density at radius 2 is 1.36 bits per heavy atom. The molecule has 1 N–H and O–H groups in total. The van der Waals surface area contributed by atoms with Gasteiger partial charge in [-0.25, -0.2) is 0 Å². The maximum atomic E-state index is 12.7. The highest BCUT2D eigenvalue weighted by molar-refractivity contribution is 5.37. The first-order valence-electron chi connectivity index (χ1n) is 7.33. The zero-order valence-corrected chi connectivity index (χ0v) is 12.9. The summed E-state index contributed by atoms with van der Waals surface area (Å²) in [5, 5.41) is 2.99. The van der Waals surface area contributed by atoms with E-state index in [1.165, 1.54) is 0 Å². The lowest BCUT2D eigenvalue weighted by molar-refractivity contribution is -0.143. The van der Waals surface area contributed by atoms with Gasteiger partial charge in [-0.2, -0.15) is 26.3 Å². The molecule has 0 aliphatic heterocycles. The second kappa shape index (κ2) is 7.77. The molecular weight excluding hydrogens is 348 g/mol. The van der Waals surface area contributed by atoms with Crippen LogP contribution in [0.15, 0.2) is 48.5 Å². The van der Waals surface area contributed by atoms with Gasteiger partial charge >= 0.3 is 12.4 Å². The molecule has 2 aromatic carbocycles. The lowest BCUT2D eigenvalue weighted by Crippen LogP contribution is -2.21. The molecule has 0 saturated carbocycles. The largest absolute Gasteiger partial charge is 0.492 e. The lowest BCUT2D eigenvalue weighted by Gasteiger charge is -2.15. The summed E-state index contributed by atoms with van der Waals surface area (Å²) < 4.78 is 81.4. The van der Waals surface area contributed by atoms with Gasteiger partial charge in [-0.05, 0) is 23.8 Å². The van der Waals surface area contributed by atoms with Crippen molar-refractivity contribution in [1.29, 1.82) is 0 Å². The van der Waals surface area contributed by atoms with E-state index in [0.29, 0.717) is 18.7 Å². The van der Waals surface area contributed by atoms with Crippen LogP contribution < -0.4 is 10.1 Å². The molecule has 0 spiro atoms. The minimum absolute atomic E-state index is 0.0640. The Morgan fingerprint density at radius 1 is 0.800 bits per heavy atom. The van der Waals surface area contributed by atoms with Crippen LogP contribution in [0.3, 0.4) is 0 Å². The topological polar surface area (TPSA) is 21.3 Å². The number of ether oxygens (including phenoxy) is 1. The van der Waals surface area contributed by atoms with Crippen molar-refractivity contribution >= 4 is 0 Å². The van der Waals surface area contributed by atoms with Gasteiger partial charge in [0.05, 0.1) is 11.1 Å². The highest BCUT2D eigenvalue weighted by Crippen LogP contribution is 2.38. The maximum Gasteiger partial charge on any atom is 0.416 e. The minimum Gasteiger partial charge on any atom is -0.492 e. The standard InChI is InChI=1S/C17H15F6NO/c18-16(19,20)13-8-14(17(21,22)23)10-15(9-13)25-7-6-24-11-12-4-2-1-3-5-12/h1-5,8-10,24H,6-7,11H2. The third-order valence-electron chi connectivity index (χ3n) is 3.28. The van der Waals surface area contributed by atoms with E-state index >= 15 is 0 Å². The zero-order valence-electron chi connectivity index (χ0n) is 12.9. The number of benzene rings is 2. The Labute approximate surface area is 140 Å². The van der Waals surface area contributed by atoms with Crippen molar-refractivity contribution in [2.24, 2.45) is 0 Å². The summed E-state index contributed by atoms with van der Waals surface area (Å²) in [6.45, 7) is 0.721. The van der Waals surface area contributed by atoms with E-state index in [9.17, 15) is 26.3 Å². The van der Waals surface area contributed by atoms with E-state index in [1.54, 1.807) is 0 Å². The molecule has 0 aliphatic rings. The average molecular weight is 363 g/mol. The van der Waals surface area contributed by atoms with Crippen LogP contribution in [0.4, 0.5) is 26.3 Å². The van der Waals surface area contributed by atoms with Crippen molar-refractivity contribution in [3.8, 4) is 5.75 Å². The molecule has 0 amide bonds. The SMILES string of the molecule is FC(F)(F)c1cc(OCCNCc2ccccc2)cc(C(F)(F)F)c1. The number of hydrogen-bond donors (Lipinski definition) is 1. The number of alkyl halides is 6. The Balaban J connectivity index is 1.96. The average Bonchev–Trinajstić information content (AvgIpc) is 2.53. The predicted molar refractivity (Wildman–Crippen MR) is 80.1 cm³/mol. The van der Waals surface area contributed by atoms with Crippen LogP contribution in [0.25, 0.3) is 0 Å². The molecule has 0 aliphatic carbocycles. The molecular formula is C17H15F6NO. The smallest absolute Gasteiger partial charge is 0.416 e. The molecule has 25 heavy (non-hydrogen) atoms. The molecule has 8 heteroatoms. The van der Waals surface area contributed by atoms with Crippen LogP contribution in [0, 0.1) is 0 Å². The van der Waals surface area contributed by atoms with Crippen molar-refractivity contribution in [2.75, 3.05) is 13.2 Å². The Morgan fingerprint density at radius 3 is 1.88 bits per heavy atom. The van der Waals surface area contributed by atoms with Gasteiger partial charge in [0.25, 0.3) is 0 Å². The third kappa shape index (κ3) is 5.97. The van der Waals surface area contributed by atoms with Gasteiger partial charge in [-0.3, -0.25) is 0 Å². The highest BCUT2D eigenvalue weighted by Gasteiger charge is 2.37. The lowest BCUT2D eigenvalue weighted by atomic mass is 10.1. The zero-order chi connectivity index (χ0) is 18.5. The predicted octanol–water partition coefficient (Wildman–Crippen LogP) is 4.89. The minimum atomic E-state index is -4.88. The summed E-state index contributed by atoms with van der Waals surface area (Å²) in [5.41, 5.74) is -1.79. The highest BCUT2D eigenvalue weighted by atomic mass is 19.4. The van der Waals surface area contributed by atoms with Gasteiger partial charge in [0.1, 0.15) is 12.4 Å². The summed E-state index contributed by atoms with van der Waals surface area (Å²) in [7, 11) is 0. The van der Waals surface area contributed by atoms with Crippen LogP contribution >= 0.6 is 0 Å². The quantitative estimate of drug-likeness (QED) is 0.583. The summed E-state index contributed by atoms with van der Waals surface area (Å²) in [5.74, 6) is -0.469. The van der Waals surface area contributed by atoms with Crippen LogP contribution in [0.1, 0.15) is 16.7 Å². The van der Waals surface area contributed by atoms with Crippen LogP contribution in [-0.4, -0.2) is 13.2 Å². The monoisotopic (exact) mass is 363 g/mol. The van der Waals surface area contributed by atoms with Crippen molar-refractivity contribution in [1.82, 2.24) is 5.32 Å². The van der Waals surface area contributed by atoms with Gasteiger partial charge in [0, 0.05) is 13.1 Å². The van der Waals surface area contributed by atoms with Crippen molar-refractivity contribution in [3.05, 3.63) is 65.2 Å². The van der Waals surface area contributed by atoms with Gasteiger partial charge in [0.15, 0.2) is 0 Å². The van der Waals surface area contributed by atoms with E-state index in [-0.39, 0.29) is 19.2 Å². The van der Waals surface area contributed by atoms with E-state index in [4.69, 9.17) is 4.74 Å². The molecule has 0 unspecified atom stereocenters. The molecule has 0 fully saturated rings. The fourth-order valence-corrected chi connectivity index (χ4v) is 2.08. The Kier molecular flexibility index (Phi) is 5.94. The second-order valence-electron chi connectivity index (χ2n) is 5.25. The van der Waals surface area contributed by atoms with Gasteiger partial charge in [-0.15, -0.1) is 0 Å². The first kappa shape index (κ1) is 19.1. The molecule has 0 saturated heterocycles. The van der Waals surface area contributed by atoms with Crippen molar-refractivity contribution < 1.29 is 31.1 Å². The van der Waals surface area contributed by atoms with Gasteiger partial charge in [0.2, 0.25) is 0 Å². The maximum absolute atomic E-state index is 12.7. The second-order valence-corrected chi connectivity index (χ2v) is 5.25. The molecule has 0 heterocycles. The molecule has 2 nitrogen and oxygen atoms in total. The Bertz CT molecular complexity index is 650. The van der Waals surface area contributed by atoms with E-state index < -0.39 is 29.2 Å². The third-order valence-corrected chi connectivity index (χ3v) is 3.28. The Hall–Kier alpha value is -2.22. The molecule has 0 atom stereocenters. The normalized spacial score (nSPS) is 12.2. The van der Waals surface area contributed by atoms with Gasteiger partial charge < -0.3 is 10.1 Å². The molecule has 0 bridgehead atoms. The van der Waals surface area contributed by atoms with E-state index in [1.807, 2.05) is 30.3 Å². The number of halogens is 6. The van der Waals surface area contributed by atoms with Crippen LogP contribution in [0.5, 0.6) is 5.75 Å². The molecule has 0 radical (unpaired) electrons. The van der Waals surface area contributed by atoms with Crippen molar-refractivity contribution in [3.63, 3.8) is 0 Å². The number of rotatable bonds is 6. The summed E-state index contributed by atoms with van der Waals surface area (Å²) in [6, 6.07) is 10.5. The van der Waals surface area contributed by atoms with Crippen LogP contribution in [-0.2, 0) is 18.9 Å². The van der Waals surface area contributed by atoms with E-state index in [0.717, 1.165) is 5.56 Å².